The third-order valence-corrected chi connectivity index (χ3v) is 3.27. The Balaban J connectivity index is 2.52. The highest BCUT2D eigenvalue weighted by Gasteiger charge is 2.32. The van der Waals surface area contributed by atoms with E-state index < -0.39 is 0 Å². The minimum Gasteiger partial charge on any atom is -0.383 e. The molecule has 0 radical (unpaired) electrons. The summed E-state index contributed by atoms with van der Waals surface area (Å²) >= 11 is 0. The Kier molecular flexibility index (Phi) is 4.35. The van der Waals surface area contributed by atoms with Crippen molar-refractivity contribution in [1.82, 2.24) is 4.90 Å². The molecule has 84 valence electrons. The van der Waals surface area contributed by atoms with Crippen LogP contribution in [0.15, 0.2) is 0 Å². The highest BCUT2D eigenvalue weighted by atomic mass is 16.5. The van der Waals surface area contributed by atoms with Crippen LogP contribution in [0, 0.1) is 11.8 Å². The van der Waals surface area contributed by atoms with E-state index in [-0.39, 0.29) is 0 Å². The third-order valence-electron chi connectivity index (χ3n) is 3.27. The lowest BCUT2D eigenvalue weighted by Gasteiger charge is -2.30. The largest absolute Gasteiger partial charge is 0.383 e. The molecule has 2 N–H and O–H groups in total. The molecule has 14 heavy (non-hydrogen) atoms. The molecule has 0 amide bonds. The number of hydrogen-bond acceptors (Lipinski definition) is 3. The van der Waals surface area contributed by atoms with E-state index in [0.717, 1.165) is 19.7 Å². The van der Waals surface area contributed by atoms with Gasteiger partial charge in [-0.15, -0.1) is 0 Å². The molecule has 0 aromatic carbocycles. The van der Waals surface area contributed by atoms with E-state index in [9.17, 15) is 0 Å². The first-order valence-electron chi connectivity index (χ1n) is 5.54. The minimum absolute atomic E-state index is 0.341. The molecule has 0 saturated carbocycles. The molecule has 1 saturated heterocycles. The normalized spacial score (nSPS) is 31.3. The first kappa shape index (κ1) is 12.0. The van der Waals surface area contributed by atoms with E-state index in [1.165, 1.54) is 0 Å². The molecule has 0 bridgehead atoms. The molecule has 0 aliphatic carbocycles. The van der Waals surface area contributed by atoms with Gasteiger partial charge in [-0.05, 0) is 11.8 Å². The summed E-state index contributed by atoms with van der Waals surface area (Å²) in [5.41, 5.74) is 6.02. The Morgan fingerprint density at radius 1 is 1.43 bits per heavy atom. The van der Waals surface area contributed by atoms with Crippen molar-refractivity contribution in [2.24, 2.45) is 17.6 Å². The van der Waals surface area contributed by atoms with Gasteiger partial charge >= 0.3 is 0 Å². The summed E-state index contributed by atoms with van der Waals surface area (Å²) in [6.07, 6.45) is 0. The van der Waals surface area contributed by atoms with Crippen molar-refractivity contribution in [1.29, 1.82) is 0 Å². The van der Waals surface area contributed by atoms with Crippen LogP contribution in [0.1, 0.15) is 20.8 Å². The molecule has 3 heteroatoms. The number of methoxy groups -OCH3 is 1. The molecular formula is C11H24N2O. The fourth-order valence-corrected chi connectivity index (χ4v) is 2.19. The van der Waals surface area contributed by atoms with Gasteiger partial charge in [-0.2, -0.15) is 0 Å². The van der Waals surface area contributed by atoms with Gasteiger partial charge < -0.3 is 10.5 Å². The summed E-state index contributed by atoms with van der Waals surface area (Å²) in [4.78, 5) is 2.48. The van der Waals surface area contributed by atoms with Crippen LogP contribution in [-0.4, -0.2) is 43.8 Å². The zero-order chi connectivity index (χ0) is 10.7. The maximum atomic E-state index is 6.02. The van der Waals surface area contributed by atoms with Gasteiger partial charge in [0.1, 0.15) is 0 Å². The van der Waals surface area contributed by atoms with Crippen LogP contribution in [0.5, 0.6) is 0 Å². The van der Waals surface area contributed by atoms with Crippen molar-refractivity contribution in [3.05, 3.63) is 0 Å². The average molecular weight is 200 g/mol. The van der Waals surface area contributed by atoms with Gasteiger partial charge in [-0.25, -0.2) is 0 Å². The monoisotopic (exact) mass is 200 g/mol. The standard InChI is InChI=1S/C11H24N2O/c1-8(2)11(7-14-4)13-5-9(3)10(12)6-13/h8-11H,5-7,12H2,1-4H3. The van der Waals surface area contributed by atoms with E-state index in [4.69, 9.17) is 10.5 Å². The molecule has 3 atom stereocenters. The van der Waals surface area contributed by atoms with Crippen LogP contribution in [-0.2, 0) is 4.74 Å². The van der Waals surface area contributed by atoms with Gasteiger partial charge in [0.15, 0.2) is 0 Å². The smallest absolute Gasteiger partial charge is 0.0620 e. The average Bonchev–Trinajstić information content (AvgIpc) is 2.42. The summed E-state index contributed by atoms with van der Waals surface area (Å²) in [6, 6.07) is 0.865. The molecule has 1 aliphatic rings. The Morgan fingerprint density at radius 3 is 2.43 bits per heavy atom. The Hall–Kier alpha value is -0.120. The van der Waals surface area contributed by atoms with Crippen molar-refractivity contribution >= 4 is 0 Å². The second kappa shape index (κ2) is 5.10. The molecule has 3 nitrogen and oxygen atoms in total. The summed E-state index contributed by atoms with van der Waals surface area (Å²) in [5.74, 6) is 1.25. The van der Waals surface area contributed by atoms with Crippen LogP contribution in [0.3, 0.4) is 0 Å². The Morgan fingerprint density at radius 2 is 2.07 bits per heavy atom. The van der Waals surface area contributed by atoms with Crippen molar-refractivity contribution in [3.63, 3.8) is 0 Å². The van der Waals surface area contributed by atoms with Gasteiger partial charge in [-0.1, -0.05) is 20.8 Å². The van der Waals surface area contributed by atoms with Gasteiger partial charge in [-0.3, -0.25) is 4.90 Å². The second-order valence-corrected chi connectivity index (χ2v) is 4.86. The lowest BCUT2D eigenvalue weighted by molar-refractivity contribution is 0.0769. The van der Waals surface area contributed by atoms with Gasteiger partial charge in [0, 0.05) is 32.3 Å². The minimum atomic E-state index is 0.341. The Labute approximate surface area is 87.6 Å². The predicted octanol–water partition coefficient (Wildman–Crippen LogP) is 0.936. The van der Waals surface area contributed by atoms with Crippen LogP contribution >= 0.6 is 0 Å². The number of hydrogen-bond donors (Lipinski definition) is 1. The van der Waals surface area contributed by atoms with E-state index in [0.29, 0.717) is 23.9 Å². The molecule has 0 spiro atoms. The molecule has 0 aromatic heterocycles. The fourth-order valence-electron chi connectivity index (χ4n) is 2.19. The topological polar surface area (TPSA) is 38.5 Å². The molecule has 1 heterocycles. The first-order chi connectivity index (χ1) is 6.56. The van der Waals surface area contributed by atoms with Gasteiger partial charge in [0.2, 0.25) is 0 Å². The number of rotatable bonds is 4. The van der Waals surface area contributed by atoms with Crippen molar-refractivity contribution in [2.75, 3.05) is 26.8 Å². The zero-order valence-corrected chi connectivity index (χ0v) is 9.86. The van der Waals surface area contributed by atoms with Crippen LogP contribution in [0.4, 0.5) is 0 Å². The van der Waals surface area contributed by atoms with E-state index in [1.54, 1.807) is 7.11 Å². The number of likely N-dealkylation sites (tertiary alicyclic amines) is 1. The van der Waals surface area contributed by atoms with Crippen LogP contribution in [0.25, 0.3) is 0 Å². The summed E-state index contributed by atoms with van der Waals surface area (Å²) in [5, 5.41) is 0. The van der Waals surface area contributed by atoms with E-state index >= 15 is 0 Å². The van der Waals surface area contributed by atoms with E-state index in [1.807, 2.05) is 0 Å². The zero-order valence-electron chi connectivity index (χ0n) is 9.86. The summed E-state index contributed by atoms with van der Waals surface area (Å²) in [6.45, 7) is 9.68. The van der Waals surface area contributed by atoms with Crippen LogP contribution < -0.4 is 5.73 Å². The van der Waals surface area contributed by atoms with Crippen molar-refractivity contribution in [3.8, 4) is 0 Å². The summed E-state index contributed by atoms with van der Waals surface area (Å²) < 4.78 is 5.27. The maximum Gasteiger partial charge on any atom is 0.0620 e. The molecule has 1 aliphatic heterocycles. The number of ether oxygens (including phenoxy) is 1. The van der Waals surface area contributed by atoms with Crippen molar-refractivity contribution in [2.45, 2.75) is 32.9 Å². The SMILES string of the molecule is COCC(C(C)C)N1CC(C)C(N)C1. The molecule has 1 rings (SSSR count). The summed E-state index contributed by atoms with van der Waals surface area (Å²) in [7, 11) is 1.77. The fraction of sp³-hybridized carbons (Fsp3) is 1.00. The first-order valence-corrected chi connectivity index (χ1v) is 5.54. The number of nitrogens with zero attached hydrogens (tertiary/aromatic N) is 1. The lowest BCUT2D eigenvalue weighted by Crippen LogP contribution is -2.41. The predicted molar refractivity (Wildman–Crippen MR) is 59.2 cm³/mol. The van der Waals surface area contributed by atoms with Crippen molar-refractivity contribution < 1.29 is 4.74 Å². The van der Waals surface area contributed by atoms with Gasteiger partial charge in [0.05, 0.1) is 6.61 Å². The maximum absolute atomic E-state index is 6.02. The molecular weight excluding hydrogens is 176 g/mol. The highest BCUT2D eigenvalue weighted by Crippen LogP contribution is 2.21. The van der Waals surface area contributed by atoms with Gasteiger partial charge in [0.25, 0.3) is 0 Å². The lowest BCUT2D eigenvalue weighted by atomic mass is 10.0. The molecule has 3 unspecified atom stereocenters. The highest BCUT2D eigenvalue weighted by molar-refractivity contribution is 4.88. The molecule has 1 fully saturated rings. The van der Waals surface area contributed by atoms with Crippen LogP contribution in [0.2, 0.25) is 0 Å². The number of nitrogens with two attached hydrogens (primary N) is 1. The second-order valence-electron chi connectivity index (χ2n) is 4.86. The Bertz CT molecular complexity index is 163. The van der Waals surface area contributed by atoms with E-state index in [2.05, 4.69) is 25.7 Å². The quantitative estimate of drug-likeness (QED) is 0.734. The third kappa shape index (κ3) is 2.69. The molecule has 0 aromatic rings.